The van der Waals surface area contributed by atoms with Crippen molar-refractivity contribution in [2.24, 2.45) is 0 Å². The number of nitro benzene ring substituents is 2. The van der Waals surface area contributed by atoms with Gasteiger partial charge in [-0.2, -0.15) is 0 Å². The van der Waals surface area contributed by atoms with Crippen molar-refractivity contribution < 1.29 is 19.3 Å². The van der Waals surface area contributed by atoms with Crippen molar-refractivity contribution in [1.29, 1.82) is 0 Å². The number of halogens is 2. The van der Waals surface area contributed by atoms with Gasteiger partial charge in [0.25, 0.3) is 0 Å². The van der Waals surface area contributed by atoms with Crippen LogP contribution < -0.4 is 9.47 Å². The fraction of sp³-hybridized carbons (Fsp3) is 0.200. The Hall–Kier alpha value is -2.58. The third-order valence-electron chi connectivity index (χ3n) is 3.38. The summed E-state index contributed by atoms with van der Waals surface area (Å²) in [5, 5.41) is 22.5. The van der Waals surface area contributed by atoms with Gasteiger partial charge in [0.1, 0.15) is 0 Å². The summed E-state index contributed by atoms with van der Waals surface area (Å²) < 4.78 is 9.88. The zero-order valence-corrected chi connectivity index (χ0v) is 14.6. The predicted octanol–water partition coefficient (Wildman–Crippen LogP) is 4.42. The minimum absolute atomic E-state index is 0.0471. The van der Waals surface area contributed by atoms with E-state index in [1.807, 2.05) is 0 Å². The molecular weight excluding hydrogens is 375 g/mol. The normalized spacial score (nSPS) is 10.4. The van der Waals surface area contributed by atoms with E-state index in [2.05, 4.69) is 0 Å². The van der Waals surface area contributed by atoms with Gasteiger partial charge in [0, 0.05) is 12.1 Å². The molecule has 0 N–H and O–H groups in total. The van der Waals surface area contributed by atoms with Gasteiger partial charge < -0.3 is 9.47 Å². The fourth-order valence-corrected chi connectivity index (χ4v) is 3.01. The van der Waals surface area contributed by atoms with E-state index >= 15 is 0 Å². The maximum Gasteiger partial charge on any atom is 0.312 e. The summed E-state index contributed by atoms with van der Waals surface area (Å²) in [5.41, 5.74) is 0.374. The van der Waals surface area contributed by atoms with Crippen LogP contribution in [0.3, 0.4) is 0 Å². The molecule has 2 aromatic rings. The molecule has 2 aromatic carbocycles. The van der Waals surface area contributed by atoms with Gasteiger partial charge in [0.2, 0.25) is 11.5 Å². The smallest absolute Gasteiger partial charge is 0.312 e. The van der Waals surface area contributed by atoms with E-state index in [4.69, 9.17) is 32.7 Å². The molecule has 10 heteroatoms. The molecule has 0 fully saturated rings. The number of hydrogen-bond acceptors (Lipinski definition) is 6. The van der Waals surface area contributed by atoms with Crippen molar-refractivity contribution >= 4 is 34.6 Å². The molecule has 2 rings (SSSR count). The maximum absolute atomic E-state index is 11.2. The van der Waals surface area contributed by atoms with Crippen molar-refractivity contribution in [3.63, 3.8) is 0 Å². The van der Waals surface area contributed by atoms with E-state index in [0.29, 0.717) is 11.1 Å². The van der Waals surface area contributed by atoms with Crippen LogP contribution >= 0.6 is 23.2 Å². The number of methoxy groups -OCH3 is 2. The van der Waals surface area contributed by atoms with E-state index in [0.717, 1.165) is 0 Å². The summed E-state index contributed by atoms with van der Waals surface area (Å²) in [7, 11) is 2.56. The molecule has 0 atom stereocenters. The van der Waals surface area contributed by atoms with E-state index in [1.54, 1.807) is 0 Å². The zero-order chi connectivity index (χ0) is 18.7. The summed E-state index contributed by atoms with van der Waals surface area (Å²) in [6.07, 6.45) is 0.148. The highest BCUT2D eigenvalue weighted by Crippen LogP contribution is 2.39. The first-order valence-electron chi connectivity index (χ1n) is 6.80. The van der Waals surface area contributed by atoms with Crippen LogP contribution in [0.1, 0.15) is 11.1 Å². The highest BCUT2D eigenvalue weighted by molar-refractivity contribution is 6.33. The molecule has 8 nitrogen and oxygen atoms in total. The molecular formula is C15H12Cl2N2O6. The quantitative estimate of drug-likeness (QED) is 0.537. The van der Waals surface area contributed by atoms with Gasteiger partial charge in [-0.1, -0.05) is 23.2 Å². The topological polar surface area (TPSA) is 105 Å². The average molecular weight is 387 g/mol. The number of benzene rings is 2. The fourth-order valence-electron chi connectivity index (χ4n) is 2.38. The number of hydrogen-bond donors (Lipinski definition) is 0. The second-order valence-electron chi connectivity index (χ2n) is 4.95. The monoisotopic (exact) mass is 386 g/mol. The lowest BCUT2D eigenvalue weighted by atomic mass is 10.0. The Morgan fingerprint density at radius 3 is 1.48 bits per heavy atom. The molecule has 0 aliphatic carbocycles. The highest BCUT2D eigenvalue weighted by atomic mass is 35.5. The van der Waals surface area contributed by atoms with Crippen molar-refractivity contribution in [2.45, 2.75) is 6.42 Å². The first kappa shape index (κ1) is 18.8. The Morgan fingerprint density at radius 2 is 1.20 bits per heavy atom. The van der Waals surface area contributed by atoms with Crippen LogP contribution in [0.15, 0.2) is 24.3 Å². The first-order valence-corrected chi connectivity index (χ1v) is 7.55. The molecule has 0 aromatic heterocycles. The van der Waals surface area contributed by atoms with E-state index < -0.39 is 9.85 Å². The maximum atomic E-state index is 11.2. The molecule has 0 unspecified atom stereocenters. The van der Waals surface area contributed by atoms with Crippen LogP contribution in [0.5, 0.6) is 11.5 Å². The van der Waals surface area contributed by atoms with E-state index in [-0.39, 0.29) is 39.3 Å². The van der Waals surface area contributed by atoms with Crippen molar-refractivity contribution in [3.05, 3.63) is 65.7 Å². The molecule has 0 amide bonds. The molecule has 25 heavy (non-hydrogen) atoms. The van der Waals surface area contributed by atoms with Crippen LogP contribution in [0, 0.1) is 20.2 Å². The van der Waals surface area contributed by atoms with Crippen molar-refractivity contribution in [1.82, 2.24) is 0 Å². The van der Waals surface area contributed by atoms with Crippen LogP contribution in [-0.2, 0) is 6.42 Å². The Labute approximate surface area is 152 Å². The van der Waals surface area contributed by atoms with Gasteiger partial charge in [0.05, 0.1) is 34.1 Å². The average Bonchev–Trinajstić information content (AvgIpc) is 2.53. The van der Waals surface area contributed by atoms with Gasteiger partial charge in [-0.25, -0.2) is 0 Å². The Balaban J connectivity index is 2.50. The summed E-state index contributed by atoms with van der Waals surface area (Å²) in [6, 6.07) is 5.60. The lowest BCUT2D eigenvalue weighted by Gasteiger charge is -2.10. The third kappa shape index (κ3) is 3.92. The zero-order valence-electron chi connectivity index (χ0n) is 13.1. The highest BCUT2D eigenvalue weighted by Gasteiger charge is 2.22. The summed E-state index contributed by atoms with van der Waals surface area (Å²) >= 11 is 12.0. The number of nitrogens with zero attached hydrogens (tertiary/aromatic N) is 2. The van der Waals surface area contributed by atoms with Crippen LogP contribution in [0.25, 0.3) is 0 Å². The largest absolute Gasteiger partial charge is 0.489 e. The lowest BCUT2D eigenvalue weighted by Crippen LogP contribution is -1.99. The summed E-state index contributed by atoms with van der Waals surface area (Å²) in [6.45, 7) is 0. The lowest BCUT2D eigenvalue weighted by molar-refractivity contribution is -0.385. The number of ether oxygens (including phenoxy) is 2. The Bertz CT molecular complexity index is 787. The minimum atomic E-state index is -0.613. The molecule has 132 valence electrons. The van der Waals surface area contributed by atoms with Crippen LogP contribution in [-0.4, -0.2) is 24.1 Å². The molecule has 0 aliphatic heterocycles. The van der Waals surface area contributed by atoms with Gasteiger partial charge >= 0.3 is 11.4 Å². The summed E-state index contributed by atoms with van der Waals surface area (Å²) in [4.78, 5) is 21.1. The van der Waals surface area contributed by atoms with Crippen LogP contribution in [0.2, 0.25) is 10.0 Å². The van der Waals surface area contributed by atoms with Gasteiger partial charge in [0.15, 0.2) is 0 Å². The van der Waals surface area contributed by atoms with Gasteiger partial charge in [-0.3, -0.25) is 20.2 Å². The van der Waals surface area contributed by atoms with Crippen LogP contribution in [0.4, 0.5) is 11.4 Å². The molecule has 0 spiro atoms. The standard InChI is InChI=1S/C15H12Cl2N2O6/c1-24-14-10(16)4-8(6-12(14)18(20)21)3-9-5-11(17)15(25-2)13(7-9)19(22)23/h4-7H,3H2,1-2H3. The second kappa shape index (κ2) is 7.54. The van der Waals surface area contributed by atoms with Crippen molar-refractivity contribution in [3.8, 4) is 11.5 Å². The molecule has 0 saturated carbocycles. The molecule has 0 heterocycles. The minimum Gasteiger partial charge on any atom is -0.489 e. The van der Waals surface area contributed by atoms with E-state index in [9.17, 15) is 20.2 Å². The van der Waals surface area contributed by atoms with Gasteiger partial charge in [-0.15, -0.1) is 0 Å². The number of rotatable bonds is 6. The molecule has 0 aliphatic rings. The molecule has 0 bridgehead atoms. The second-order valence-corrected chi connectivity index (χ2v) is 5.77. The first-order chi connectivity index (χ1) is 11.8. The van der Waals surface area contributed by atoms with Gasteiger partial charge in [-0.05, 0) is 29.7 Å². The molecule has 0 radical (unpaired) electrons. The Kier molecular flexibility index (Phi) is 5.66. The SMILES string of the molecule is COc1c(Cl)cc(Cc2cc(Cl)c(OC)c([N+](=O)[O-])c2)cc1[N+](=O)[O-]. The summed E-state index contributed by atoms with van der Waals surface area (Å²) in [5.74, 6) is -0.0941. The number of nitro groups is 2. The van der Waals surface area contributed by atoms with Crippen molar-refractivity contribution in [2.75, 3.05) is 14.2 Å². The molecule has 0 saturated heterocycles. The van der Waals surface area contributed by atoms with E-state index in [1.165, 1.54) is 38.5 Å². The Morgan fingerprint density at radius 1 is 0.840 bits per heavy atom. The third-order valence-corrected chi connectivity index (χ3v) is 3.94. The predicted molar refractivity (Wildman–Crippen MR) is 92.1 cm³/mol.